The minimum absolute atomic E-state index is 0.560. The monoisotopic (exact) mass is 350 g/mol. The Morgan fingerprint density at radius 2 is 2.00 bits per heavy atom. The van der Waals surface area contributed by atoms with E-state index in [4.69, 9.17) is 5.73 Å². The summed E-state index contributed by atoms with van der Waals surface area (Å²) in [5.41, 5.74) is 8.26. The van der Waals surface area contributed by atoms with E-state index in [1.165, 1.54) is 16.8 Å². The van der Waals surface area contributed by atoms with Gasteiger partial charge in [-0.3, -0.25) is 0 Å². The number of fused-ring (bicyclic) bond motifs is 3. The quantitative estimate of drug-likeness (QED) is 0.588. The summed E-state index contributed by atoms with van der Waals surface area (Å²) in [6.45, 7) is 1.56. The van der Waals surface area contributed by atoms with E-state index in [9.17, 15) is 0 Å². The number of nitrogens with two attached hydrogens (primary N) is 1. The van der Waals surface area contributed by atoms with E-state index in [-0.39, 0.29) is 0 Å². The molecule has 25 heavy (non-hydrogen) atoms. The first-order valence-electron chi connectivity index (χ1n) is 7.91. The number of para-hydroxylation sites is 1. The second-order valence-electron chi connectivity index (χ2n) is 5.84. The SMILES string of the molecule is Nc1ncnc2sc3c(c12)CCN(c1nnnn1-c1ccccc1)C3. The van der Waals surface area contributed by atoms with Gasteiger partial charge in [-0.05, 0) is 34.5 Å². The van der Waals surface area contributed by atoms with Gasteiger partial charge in [-0.1, -0.05) is 23.3 Å². The first kappa shape index (κ1) is 14.3. The van der Waals surface area contributed by atoms with Crippen LogP contribution >= 0.6 is 11.3 Å². The highest BCUT2D eigenvalue weighted by molar-refractivity contribution is 7.19. The zero-order chi connectivity index (χ0) is 16.8. The molecule has 0 spiro atoms. The molecule has 8 nitrogen and oxygen atoms in total. The third-order valence-electron chi connectivity index (χ3n) is 4.40. The molecule has 0 radical (unpaired) electrons. The van der Waals surface area contributed by atoms with Gasteiger partial charge in [0.2, 0.25) is 0 Å². The van der Waals surface area contributed by atoms with Crippen molar-refractivity contribution in [3.05, 3.63) is 47.1 Å². The van der Waals surface area contributed by atoms with Gasteiger partial charge >= 0.3 is 0 Å². The molecule has 3 aromatic heterocycles. The third-order valence-corrected chi connectivity index (χ3v) is 5.53. The number of hydrogen-bond acceptors (Lipinski definition) is 8. The third kappa shape index (κ3) is 2.23. The molecule has 4 aromatic rings. The summed E-state index contributed by atoms with van der Waals surface area (Å²) in [6.07, 6.45) is 2.39. The molecule has 124 valence electrons. The minimum Gasteiger partial charge on any atom is -0.383 e. The number of nitrogens with zero attached hydrogens (tertiary/aromatic N) is 7. The lowest BCUT2D eigenvalue weighted by Crippen LogP contribution is -2.31. The Hall–Kier alpha value is -3.07. The van der Waals surface area contributed by atoms with Crippen LogP contribution in [0.15, 0.2) is 36.7 Å². The number of aromatic nitrogens is 6. The van der Waals surface area contributed by atoms with Crippen molar-refractivity contribution in [2.24, 2.45) is 0 Å². The van der Waals surface area contributed by atoms with Gasteiger partial charge in [-0.15, -0.1) is 11.3 Å². The maximum atomic E-state index is 6.06. The van der Waals surface area contributed by atoms with Crippen LogP contribution in [-0.4, -0.2) is 36.7 Å². The van der Waals surface area contributed by atoms with Crippen LogP contribution in [0.2, 0.25) is 0 Å². The minimum atomic E-state index is 0.560. The average molecular weight is 350 g/mol. The van der Waals surface area contributed by atoms with Crippen LogP contribution in [0.4, 0.5) is 11.8 Å². The van der Waals surface area contributed by atoms with Crippen LogP contribution in [0.1, 0.15) is 10.4 Å². The highest BCUT2D eigenvalue weighted by Crippen LogP contribution is 2.37. The summed E-state index contributed by atoms with van der Waals surface area (Å²) in [4.78, 5) is 12.9. The average Bonchev–Trinajstić information content (AvgIpc) is 3.27. The number of anilines is 2. The van der Waals surface area contributed by atoms with Crippen LogP contribution in [-0.2, 0) is 13.0 Å². The molecule has 0 unspecified atom stereocenters. The Morgan fingerprint density at radius 3 is 2.88 bits per heavy atom. The van der Waals surface area contributed by atoms with Crippen molar-refractivity contribution in [2.45, 2.75) is 13.0 Å². The van der Waals surface area contributed by atoms with Gasteiger partial charge in [0.1, 0.15) is 17.0 Å². The lowest BCUT2D eigenvalue weighted by molar-refractivity contribution is 0.700. The smallest absolute Gasteiger partial charge is 0.250 e. The molecule has 0 bridgehead atoms. The predicted octanol–water partition coefficient (Wildman–Crippen LogP) is 1.81. The highest BCUT2D eigenvalue weighted by atomic mass is 32.1. The van der Waals surface area contributed by atoms with Crippen LogP contribution in [0, 0.1) is 0 Å². The standard InChI is InChI=1S/C16H14N8S/c17-14-13-11-6-7-23(8-12(11)25-15(13)19-9-18-14)16-20-21-22-24(16)10-4-2-1-3-5-10/h1-5,9H,6-8H2,(H2,17,18,19). The van der Waals surface area contributed by atoms with E-state index in [0.29, 0.717) is 5.82 Å². The van der Waals surface area contributed by atoms with Crippen molar-refractivity contribution in [3.8, 4) is 5.69 Å². The summed E-state index contributed by atoms with van der Waals surface area (Å²) in [5.74, 6) is 1.30. The van der Waals surface area contributed by atoms with Gasteiger partial charge in [0, 0.05) is 11.4 Å². The van der Waals surface area contributed by atoms with E-state index in [0.717, 1.165) is 41.4 Å². The number of rotatable bonds is 2. The molecule has 0 saturated carbocycles. The van der Waals surface area contributed by atoms with Gasteiger partial charge in [0.05, 0.1) is 17.6 Å². The van der Waals surface area contributed by atoms with E-state index in [1.807, 2.05) is 30.3 Å². The lowest BCUT2D eigenvalue weighted by Gasteiger charge is -2.27. The predicted molar refractivity (Wildman–Crippen MR) is 95.7 cm³/mol. The molecule has 1 aliphatic heterocycles. The van der Waals surface area contributed by atoms with E-state index < -0.39 is 0 Å². The van der Waals surface area contributed by atoms with Crippen molar-refractivity contribution in [1.82, 2.24) is 30.2 Å². The van der Waals surface area contributed by atoms with Gasteiger partial charge < -0.3 is 10.6 Å². The number of hydrogen-bond donors (Lipinski definition) is 1. The van der Waals surface area contributed by atoms with Crippen LogP contribution < -0.4 is 10.6 Å². The zero-order valence-electron chi connectivity index (χ0n) is 13.2. The van der Waals surface area contributed by atoms with Crippen molar-refractivity contribution < 1.29 is 0 Å². The molecule has 0 aliphatic carbocycles. The number of tetrazole rings is 1. The second-order valence-corrected chi connectivity index (χ2v) is 6.92. The van der Waals surface area contributed by atoms with Crippen molar-refractivity contribution in [1.29, 1.82) is 0 Å². The number of thiophene rings is 1. The molecular weight excluding hydrogens is 336 g/mol. The fraction of sp³-hybridized carbons (Fsp3) is 0.188. The first-order chi connectivity index (χ1) is 12.3. The summed E-state index contributed by atoms with van der Waals surface area (Å²) in [5, 5.41) is 13.3. The maximum Gasteiger partial charge on any atom is 0.250 e. The molecule has 0 fully saturated rings. The number of benzene rings is 1. The first-order valence-corrected chi connectivity index (χ1v) is 8.72. The second kappa shape index (κ2) is 5.49. The van der Waals surface area contributed by atoms with Gasteiger partial charge in [-0.25, -0.2) is 9.97 Å². The van der Waals surface area contributed by atoms with Gasteiger partial charge in [0.15, 0.2) is 0 Å². The van der Waals surface area contributed by atoms with Gasteiger partial charge in [0.25, 0.3) is 5.95 Å². The fourth-order valence-electron chi connectivity index (χ4n) is 3.24. The van der Waals surface area contributed by atoms with Gasteiger partial charge in [-0.2, -0.15) is 4.68 Å². The van der Waals surface area contributed by atoms with Crippen molar-refractivity contribution in [3.63, 3.8) is 0 Å². The molecule has 2 N–H and O–H groups in total. The molecule has 0 amide bonds. The van der Waals surface area contributed by atoms with Crippen molar-refractivity contribution >= 4 is 33.3 Å². The molecule has 9 heteroatoms. The molecule has 0 saturated heterocycles. The maximum absolute atomic E-state index is 6.06. The van der Waals surface area contributed by atoms with E-state index in [2.05, 4.69) is 30.4 Å². The number of nitrogen functional groups attached to an aromatic ring is 1. The summed E-state index contributed by atoms with van der Waals surface area (Å²) >= 11 is 1.67. The Morgan fingerprint density at radius 1 is 1.12 bits per heavy atom. The Kier molecular flexibility index (Phi) is 3.14. The fourth-order valence-corrected chi connectivity index (χ4v) is 4.45. The summed E-state index contributed by atoms with van der Waals surface area (Å²) in [7, 11) is 0. The van der Waals surface area contributed by atoms with Crippen molar-refractivity contribution in [2.75, 3.05) is 17.2 Å². The Labute approximate surface area is 146 Å². The Balaban J connectivity index is 1.54. The normalized spacial score (nSPS) is 14.0. The van der Waals surface area contributed by atoms with Crippen LogP contribution in [0.3, 0.4) is 0 Å². The summed E-state index contributed by atoms with van der Waals surface area (Å²) in [6, 6.07) is 9.91. The molecule has 4 heterocycles. The molecular formula is C16H14N8S. The highest BCUT2D eigenvalue weighted by Gasteiger charge is 2.26. The Bertz CT molecular complexity index is 1050. The van der Waals surface area contributed by atoms with E-state index >= 15 is 0 Å². The molecule has 1 aliphatic rings. The largest absolute Gasteiger partial charge is 0.383 e. The van der Waals surface area contributed by atoms with E-state index in [1.54, 1.807) is 16.0 Å². The van der Waals surface area contributed by atoms with Crippen LogP contribution in [0.25, 0.3) is 15.9 Å². The van der Waals surface area contributed by atoms with Crippen LogP contribution in [0.5, 0.6) is 0 Å². The molecule has 1 aromatic carbocycles. The topological polar surface area (TPSA) is 98.6 Å². The summed E-state index contributed by atoms with van der Waals surface area (Å²) < 4.78 is 1.77. The molecule has 5 rings (SSSR count). The zero-order valence-corrected chi connectivity index (χ0v) is 14.0. The lowest BCUT2D eigenvalue weighted by atomic mass is 10.1. The molecule has 0 atom stereocenters.